The Bertz CT molecular complexity index is 1150. The first kappa shape index (κ1) is 21.6. The van der Waals surface area contributed by atoms with Gasteiger partial charge in [-0.2, -0.15) is 0 Å². The maximum absolute atomic E-state index is 14.6. The molecule has 0 aromatic carbocycles. The number of ether oxygens (including phenoxy) is 1. The molecular weight excluding hydrogens is 425 g/mol. The fraction of sp³-hybridized carbons (Fsp3) is 0.478. The smallest absolute Gasteiger partial charge is 0.317 e. The quantitative estimate of drug-likeness (QED) is 0.560. The summed E-state index contributed by atoms with van der Waals surface area (Å²) in [6.45, 7) is 4.34. The highest BCUT2D eigenvalue weighted by atomic mass is 19.1. The van der Waals surface area contributed by atoms with Gasteiger partial charge < -0.3 is 25.3 Å². The third-order valence-corrected chi connectivity index (χ3v) is 6.29. The summed E-state index contributed by atoms with van der Waals surface area (Å²) in [6.07, 6.45) is 8.24. The largest absolute Gasteiger partial charge is 0.378 e. The number of amides is 2. The van der Waals surface area contributed by atoms with Crippen LogP contribution in [0.15, 0.2) is 24.7 Å². The van der Waals surface area contributed by atoms with Gasteiger partial charge in [0.25, 0.3) is 0 Å². The van der Waals surface area contributed by atoms with E-state index in [1.165, 1.54) is 6.20 Å². The molecule has 3 N–H and O–H groups in total. The van der Waals surface area contributed by atoms with Crippen LogP contribution in [0.25, 0.3) is 22.4 Å². The normalized spacial score (nSPS) is 21.2. The number of anilines is 1. The van der Waals surface area contributed by atoms with Crippen molar-refractivity contribution < 1.29 is 13.9 Å². The van der Waals surface area contributed by atoms with Crippen molar-refractivity contribution in [3.63, 3.8) is 0 Å². The number of pyridine rings is 1. The van der Waals surface area contributed by atoms with Crippen LogP contribution in [0.3, 0.4) is 0 Å². The molecule has 2 fully saturated rings. The second-order valence-corrected chi connectivity index (χ2v) is 8.76. The Labute approximate surface area is 191 Å². The van der Waals surface area contributed by atoms with Gasteiger partial charge in [-0.15, -0.1) is 0 Å². The summed E-state index contributed by atoms with van der Waals surface area (Å²) in [5, 5.41) is 7.29. The van der Waals surface area contributed by atoms with Crippen LogP contribution in [-0.2, 0) is 4.74 Å². The summed E-state index contributed by atoms with van der Waals surface area (Å²) in [4.78, 5) is 30.5. The number of rotatable bonds is 4. The standard InChI is InChI=1S/C23H28FN7O2/c1-14-9-17-18(12-26-20(17)25-11-14)21-27-13-19(24)22(30-21)28-15-3-2-4-16(10-15)29-23(32)31-5-7-33-8-6-31/h9,11-13,15-16H,2-8,10H2,1H3,(H,25,26)(H,29,32)(H,27,28,30)/t15-,16+/m0/s1. The molecule has 33 heavy (non-hydrogen) atoms. The van der Waals surface area contributed by atoms with Crippen LogP contribution >= 0.6 is 0 Å². The molecule has 1 aliphatic carbocycles. The summed E-state index contributed by atoms with van der Waals surface area (Å²) in [7, 11) is 0. The number of aromatic amines is 1. The van der Waals surface area contributed by atoms with Crippen molar-refractivity contribution in [2.75, 3.05) is 31.6 Å². The Morgan fingerprint density at radius 2 is 2.03 bits per heavy atom. The van der Waals surface area contributed by atoms with Crippen molar-refractivity contribution in [2.24, 2.45) is 0 Å². The van der Waals surface area contributed by atoms with Crippen LogP contribution in [0, 0.1) is 12.7 Å². The molecule has 2 atom stereocenters. The van der Waals surface area contributed by atoms with Gasteiger partial charge >= 0.3 is 6.03 Å². The molecular formula is C23H28FN7O2. The summed E-state index contributed by atoms with van der Waals surface area (Å²) in [6, 6.07) is 2.01. The lowest BCUT2D eigenvalue weighted by Gasteiger charge is -2.33. The number of hydrogen-bond acceptors (Lipinski definition) is 6. The van der Waals surface area contributed by atoms with Gasteiger partial charge in [0, 0.05) is 48.5 Å². The summed E-state index contributed by atoms with van der Waals surface area (Å²) < 4.78 is 19.9. The highest BCUT2D eigenvalue weighted by molar-refractivity contribution is 5.92. The summed E-state index contributed by atoms with van der Waals surface area (Å²) >= 11 is 0. The number of morpholine rings is 1. The van der Waals surface area contributed by atoms with Gasteiger partial charge in [-0.05, 0) is 44.2 Å². The molecule has 2 aliphatic rings. The first-order valence-corrected chi connectivity index (χ1v) is 11.4. The second kappa shape index (κ2) is 9.30. The van der Waals surface area contributed by atoms with E-state index < -0.39 is 5.82 Å². The Hall–Kier alpha value is -3.27. The average Bonchev–Trinajstić information content (AvgIpc) is 3.24. The summed E-state index contributed by atoms with van der Waals surface area (Å²) in [5.74, 6) is 0.123. The minimum Gasteiger partial charge on any atom is -0.378 e. The third-order valence-electron chi connectivity index (χ3n) is 6.29. The van der Waals surface area contributed by atoms with Crippen molar-refractivity contribution in [1.29, 1.82) is 0 Å². The van der Waals surface area contributed by atoms with Crippen molar-refractivity contribution in [3.05, 3.63) is 36.0 Å². The van der Waals surface area contributed by atoms with Gasteiger partial charge in [-0.25, -0.2) is 24.1 Å². The molecule has 5 rings (SSSR count). The molecule has 174 valence electrons. The predicted molar refractivity (Wildman–Crippen MR) is 122 cm³/mol. The van der Waals surface area contributed by atoms with Crippen LogP contribution in [-0.4, -0.2) is 69.3 Å². The molecule has 1 saturated carbocycles. The predicted octanol–water partition coefficient (Wildman–Crippen LogP) is 3.23. The first-order valence-electron chi connectivity index (χ1n) is 11.4. The Morgan fingerprint density at radius 1 is 1.21 bits per heavy atom. The molecule has 1 saturated heterocycles. The molecule has 4 heterocycles. The molecule has 0 unspecified atom stereocenters. The molecule has 9 nitrogen and oxygen atoms in total. The Kier molecular flexibility index (Phi) is 6.08. The number of carbonyl (C=O) groups is 1. The van der Waals surface area contributed by atoms with E-state index in [0.717, 1.165) is 41.4 Å². The number of halogens is 1. The van der Waals surface area contributed by atoms with E-state index in [2.05, 4.69) is 30.6 Å². The van der Waals surface area contributed by atoms with E-state index >= 15 is 0 Å². The number of aryl methyl sites for hydroxylation is 1. The average molecular weight is 454 g/mol. The van der Waals surface area contributed by atoms with E-state index in [-0.39, 0.29) is 23.9 Å². The van der Waals surface area contributed by atoms with Crippen LogP contribution in [0.4, 0.5) is 15.0 Å². The molecule has 10 heteroatoms. The molecule has 0 spiro atoms. The number of urea groups is 1. The topological polar surface area (TPSA) is 108 Å². The maximum atomic E-state index is 14.6. The molecule has 1 aliphatic heterocycles. The number of carbonyl (C=O) groups excluding carboxylic acids is 1. The Morgan fingerprint density at radius 3 is 2.88 bits per heavy atom. The number of nitrogens with one attached hydrogen (secondary N) is 3. The molecule has 0 radical (unpaired) electrons. The zero-order chi connectivity index (χ0) is 22.8. The number of hydrogen-bond donors (Lipinski definition) is 3. The van der Waals surface area contributed by atoms with Crippen LogP contribution < -0.4 is 10.6 Å². The first-order chi connectivity index (χ1) is 16.1. The fourth-order valence-electron chi connectivity index (χ4n) is 4.57. The number of H-pyrrole nitrogens is 1. The van der Waals surface area contributed by atoms with E-state index in [4.69, 9.17) is 4.74 Å². The lowest BCUT2D eigenvalue weighted by molar-refractivity contribution is 0.0521. The van der Waals surface area contributed by atoms with Gasteiger partial charge in [-0.1, -0.05) is 0 Å². The van der Waals surface area contributed by atoms with Gasteiger partial charge in [0.05, 0.1) is 19.4 Å². The molecule has 0 bridgehead atoms. The van der Waals surface area contributed by atoms with Crippen LogP contribution in [0.2, 0.25) is 0 Å². The van der Waals surface area contributed by atoms with Gasteiger partial charge in [-0.3, -0.25) is 0 Å². The highest BCUT2D eigenvalue weighted by Gasteiger charge is 2.27. The number of nitrogens with zero attached hydrogens (tertiary/aromatic N) is 4. The van der Waals surface area contributed by atoms with E-state index in [9.17, 15) is 9.18 Å². The minimum atomic E-state index is -0.493. The number of aromatic nitrogens is 4. The van der Waals surface area contributed by atoms with Crippen LogP contribution in [0.1, 0.15) is 31.2 Å². The van der Waals surface area contributed by atoms with E-state index in [1.807, 2.05) is 13.0 Å². The van der Waals surface area contributed by atoms with Crippen molar-refractivity contribution in [3.8, 4) is 11.4 Å². The van der Waals surface area contributed by atoms with Crippen molar-refractivity contribution in [1.82, 2.24) is 30.2 Å². The third kappa shape index (κ3) is 4.75. The van der Waals surface area contributed by atoms with E-state index in [1.54, 1.807) is 17.3 Å². The second-order valence-electron chi connectivity index (χ2n) is 8.76. The zero-order valence-corrected chi connectivity index (χ0v) is 18.6. The highest BCUT2D eigenvalue weighted by Crippen LogP contribution is 2.28. The van der Waals surface area contributed by atoms with Crippen LogP contribution in [0.5, 0.6) is 0 Å². The van der Waals surface area contributed by atoms with Crippen molar-refractivity contribution >= 4 is 22.9 Å². The zero-order valence-electron chi connectivity index (χ0n) is 18.6. The van der Waals surface area contributed by atoms with Crippen molar-refractivity contribution in [2.45, 2.75) is 44.7 Å². The van der Waals surface area contributed by atoms with E-state index in [0.29, 0.717) is 38.5 Å². The monoisotopic (exact) mass is 453 g/mol. The minimum absolute atomic E-state index is 0.0119. The summed E-state index contributed by atoms with van der Waals surface area (Å²) in [5.41, 5.74) is 2.55. The molecule has 2 amide bonds. The maximum Gasteiger partial charge on any atom is 0.317 e. The molecule has 3 aromatic rings. The van der Waals surface area contributed by atoms with Gasteiger partial charge in [0.2, 0.25) is 0 Å². The number of fused-ring (bicyclic) bond motifs is 1. The lowest BCUT2D eigenvalue weighted by atomic mass is 9.91. The lowest BCUT2D eigenvalue weighted by Crippen LogP contribution is -2.51. The fourth-order valence-corrected chi connectivity index (χ4v) is 4.57. The SMILES string of the molecule is Cc1cnc2[nH]cc(-c3ncc(F)c(N[C@H]4CCC[C@@H](NC(=O)N5CCOCC5)C4)n3)c2c1. The Balaban J connectivity index is 1.28. The van der Waals surface area contributed by atoms with Gasteiger partial charge in [0.1, 0.15) is 5.65 Å². The van der Waals surface area contributed by atoms with Gasteiger partial charge in [0.15, 0.2) is 17.5 Å². The molecule has 3 aromatic heterocycles.